The molecule has 0 fully saturated rings. The van der Waals surface area contributed by atoms with E-state index >= 15 is 0 Å². The van der Waals surface area contributed by atoms with E-state index in [1.807, 2.05) is 0 Å². The lowest BCUT2D eigenvalue weighted by Gasteiger charge is -2.08. The van der Waals surface area contributed by atoms with E-state index in [0.717, 1.165) is 17.7 Å². The quantitative estimate of drug-likeness (QED) is 0.636. The number of hydrogen-bond donors (Lipinski definition) is 1. The molecule has 0 bridgehead atoms. The van der Waals surface area contributed by atoms with Crippen molar-refractivity contribution in [1.82, 2.24) is 4.98 Å². The predicted octanol–water partition coefficient (Wildman–Crippen LogP) is 5.06. The molecule has 114 valence electrons. The van der Waals surface area contributed by atoms with Crippen molar-refractivity contribution >= 4 is 28.4 Å². The fourth-order valence-corrected chi connectivity index (χ4v) is 2.41. The number of nitrogens with two attached hydrogens (primary N) is 1. The SMILES string of the molecule is Cc1cc(N)cc2nc(-c3cc(C(F)(F)F)ccc3Cl)oc12. The van der Waals surface area contributed by atoms with Crippen LogP contribution in [0.1, 0.15) is 11.1 Å². The number of hydrogen-bond acceptors (Lipinski definition) is 3. The highest BCUT2D eigenvalue weighted by Crippen LogP contribution is 2.37. The standard InChI is InChI=1S/C15H10ClF3N2O/c1-7-4-9(20)6-12-13(7)22-14(21-12)10-5-8(15(17,18)19)2-3-11(10)16/h2-6H,20H2,1H3. The molecular formula is C15H10ClF3N2O. The van der Waals surface area contributed by atoms with Crippen molar-refractivity contribution in [2.45, 2.75) is 13.1 Å². The van der Waals surface area contributed by atoms with E-state index in [9.17, 15) is 13.2 Å². The third-order valence-corrected chi connectivity index (χ3v) is 3.55. The Morgan fingerprint density at radius 1 is 1.18 bits per heavy atom. The third kappa shape index (κ3) is 2.50. The molecule has 3 aromatic rings. The first kappa shape index (κ1) is 14.7. The van der Waals surface area contributed by atoms with Crippen molar-refractivity contribution in [3.63, 3.8) is 0 Å². The van der Waals surface area contributed by atoms with Crippen LogP contribution in [0.2, 0.25) is 5.02 Å². The molecule has 0 amide bonds. The molecule has 1 heterocycles. The molecule has 3 rings (SSSR count). The zero-order valence-electron chi connectivity index (χ0n) is 11.3. The molecular weight excluding hydrogens is 317 g/mol. The van der Waals surface area contributed by atoms with Gasteiger partial charge in [-0.2, -0.15) is 13.2 Å². The van der Waals surface area contributed by atoms with Crippen LogP contribution < -0.4 is 5.73 Å². The molecule has 0 saturated carbocycles. The predicted molar refractivity (Wildman–Crippen MR) is 78.6 cm³/mol. The van der Waals surface area contributed by atoms with Gasteiger partial charge in [0.2, 0.25) is 5.89 Å². The van der Waals surface area contributed by atoms with Crippen LogP contribution in [0.25, 0.3) is 22.6 Å². The Balaban J connectivity index is 2.21. The lowest BCUT2D eigenvalue weighted by atomic mass is 10.1. The molecule has 0 radical (unpaired) electrons. The van der Waals surface area contributed by atoms with Crippen molar-refractivity contribution in [2.75, 3.05) is 5.73 Å². The first-order valence-electron chi connectivity index (χ1n) is 6.29. The summed E-state index contributed by atoms with van der Waals surface area (Å²) in [5, 5.41) is 0.130. The van der Waals surface area contributed by atoms with Gasteiger partial charge in [0.25, 0.3) is 0 Å². The maximum Gasteiger partial charge on any atom is 0.416 e. The summed E-state index contributed by atoms with van der Waals surface area (Å²) in [6.45, 7) is 1.78. The molecule has 1 aromatic heterocycles. The molecule has 2 aromatic carbocycles. The number of aromatic nitrogens is 1. The first-order chi connectivity index (χ1) is 10.3. The lowest BCUT2D eigenvalue weighted by molar-refractivity contribution is -0.137. The summed E-state index contributed by atoms with van der Waals surface area (Å²) in [7, 11) is 0. The Morgan fingerprint density at radius 2 is 1.91 bits per heavy atom. The van der Waals surface area contributed by atoms with Crippen LogP contribution >= 0.6 is 11.6 Å². The monoisotopic (exact) mass is 326 g/mol. The fourth-order valence-electron chi connectivity index (χ4n) is 2.21. The summed E-state index contributed by atoms with van der Waals surface area (Å²) in [5.74, 6) is 0.0276. The molecule has 0 saturated heterocycles. The van der Waals surface area contributed by atoms with E-state index in [4.69, 9.17) is 21.8 Å². The van der Waals surface area contributed by atoms with Gasteiger partial charge in [-0.3, -0.25) is 0 Å². The molecule has 7 heteroatoms. The Bertz CT molecular complexity index is 871. The number of alkyl halides is 3. The lowest BCUT2D eigenvalue weighted by Crippen LogP contribution is -2.04. The number of anilines is 1. The second-order valence-corrected chi connectivity index (χ2v) is 5.30. The minimum Gasteiger partial charge on any atom is -0.436 e. The smallest absolute Gasteiger partial charge is 0.416 e. The van der Waals surface area contributed by atoms with Gasteiger partial charge in [0, 0.05) is 5.69 Å². The Hall–Kier alpha value is -2.21. The van der Waals surface area contributed by atoms with Crippen LogP contribution in [-0.2, 0) is 6.18 Å². The number of aryl methyl sites for hydroxylation is 1. The van der Waals surface area contributed by atoms with Crippen molar-refractivity contribution < 1.29 is 17.6 Å². The number of fused-ring (bicyclic) bond motifs is 1. The van der Waals surface area contributed by atoms with Gasteiger partial charge < -0.3 is 10.2 Å². The van der Waals surface area contributed by atoms with E-state index in [0.29, 0.717) is 16.8 Å². The van der Waals surface area contributed by atoms with E-state index in [1.165, 1.54) is 6.07 Å². The van der Waals surface area contributed by atoms with E-state index in [1.54, 1.807) is 19.1 Å². The fraction of sp³-hybridized carbons (Fsp3) is 0.133. The summed E-state index contributed by atoms with van der Waals surface area (Å²) in [4.78, 5) is 4.19. The number of nitrogen functional groups attached to an aromatic ring is 1. The molecule has 0 unspecified atom stereocenters. The Morgan fingerprint density at radius 3 is 2.59 bits per heavy atom. The molecule has 0 aliphatic rings. The van der Waals surface area contributed by atoms with Crippen LogP contribution in [0.5, 0.6) is 0 Å². The van der Waals surface area contributed by atoms with Crippen molar-refractivity contribution in [2.24, 2.45) is 0 Å². The molecule has 0 atom stereocenters. The van der Waals surface area contributed by atoms with Gasteiger partial charge in [0.15, 0.2) is 5.58 Å². The van der Waals surface area contributed by atoms with Crippen LogP contribution in [-0.4, -0.2) is 4.98 Å². The molecule has 0 aliphatic heterocycles. The van der Waals surface area contributed by atoms with Crippen LogP contribution in [0.4, 0.5) is 18.9 Å². The molecule has 0 aliphatic carbocycles. The molecule has 0 spiro atoms. The van der Waals surface area contributed by atoms with Gasteiger partial charge in [0.1, 0.15) is 5.52 Å². The summed E-state index contributed by atoms with van der Waals surface area (Å²) in [6.07, 6.45) is -4.47. The normalized spacial score (nSPS) is 12.0. The molecule has 2 N–H and O–H groups in total. The topological polar surface area (TPSA) is 52.0 Å². The van der Waals surface area contributed by atoms with Crippen LogP contribution in [0.15, 0.2) is 34.7 Å². The van der Waals surface area contributed by atoms with E-state index in [2.05, 4.69) is 4.98 Å². The van der Waals surface area contributed by atoms with Gasteiger partial charge in [-0.25, -0.2) is 4.98 Å². The first-order valence-corrected chi connectivity index (χ1v) is 6.67. The Kier molecular flexibility index (Phi) is 3.29. The van der Waals surface area contributed by atoms with Crippen molar-refractivity contribution in [3.8, 4) is 11.5 Å². The number of rotatable bonds is 1. The second-order valence-electron chi connectivity index (χ2n) is 4.90. The van der Waals surface area contributed by atoms with Gasteiger partial charge in [0.05, 0.1) is 16.1 Å². The minimum absolute atomic E-state index is 0.0276. The van der Waals surface area contributed by atoms with Crippen molar-refractivity contribution in [1.29, 1.82) is 0 Å². The zero-order chi connectivity index (χ0) is 16.1. The Labute approximate surface area is 128 Å². The average Bonchev–Trinajstić information content (AvgIpc) is 2.81. The number of oxazole rings is 1. The number of nitrogens with zero attached hydrogens (tertiary/aromatic N) is 1. The summed E-state index contributed by atoms with van der Waals surface area (Å²) < 4.78 is 44.0. The van der Waals surface area contributed by atoms with E-state index < -0.39 is 11.7 Å². The molecule has 22 heavy (non-hydrogen) atoms. The van der Waals surface area contributed by atoms with Crippen molar-refractivity contribution in [3.05, 3.63) is 46.5 Å². The largest absolute Gasteiger partial charge is 0.436 e. The highest BCUT2D eigenvalue weighted by molar-refractivity contribution is 6.33. The number of benzene rings is 2. The van der Waals surface area contributed by atoms with E-state index in [-0.39, 0.29) is 16.5 Å². The highest BCUT2D eigenvalue weighted by Gasteiger charge is 2.31. The summed E-state index contributed by atoms with van der Waals surface area (Å²) >= 11 is 5.99. The highest BCUT2D eigenvalue weighted by atomic mass is 35.5. The maximum atomic E-state index is 12.8. The maximum absolute atomic E-state index is 12.8. The van der Waals surface area contributed by atoms with Gasteiger partial charge in [-0.05, 0) is 42.8 Å². The number of halogens is 4. The molecule has 3 nitrogen and oxygen atoms in total. The minimum atomic E-state index is -4.47. The van der Waals surface area contributed by atoms with Crippen LogP contribution in [0.3, 0.4) is 0 Å². The summed E-state index contributed by atoms with van der Waals surface area (Å²) in [6, 6.07) is 6.31. The second kappa shape index (κ2) is 4.91. The van der Waals surface area contributed by atoms with Gasteiger partial charge in [-0.15, -0.1) is 0 Å². The summed E-state index contributed by atoms with van der Waals surface area (Å²) in [5.41, 5.74) is 7.19. The van der Waals surface area contributed by atoms with Gasteiger partial charge >= 0.3 is 6.18 Å². The van der Waals surface area contributed by atoms with Gasteiger partial charge in [-0.1, -0.05) is 11.6 Å². The third-order valence-electron chi connectivity index (χ3n) is 3.22. The van der Waals surface area contributed by atoms with Crippen LogP contribution in [0, 0.1) is 6.92 Å². The zero-order valence-corrected chi connectivity index (χ0v) is 12.1. The average molecular weight is 327 g/mol.